The number of hydrogen-bond acceptors (Lipinski definition) is 6. The molecule has 26 heavy (non-hydrogen) atoms. The Balaban J connectivity index is 2.06. The van der Waals surface area contributed by atoms with Crippen LogP contribution >= 0.6 is 0 Å². The Labute approximate surface area is 149 Å². The van der Waals surface area contributed by atoms with Crippen molar-refractivity contribution in [3.05, 3.63) is 63.7 Å². The molecule has 0 aromatic heterocycles. The number of nitrogens with one attached hydrogen (secondary N) is 1. The predicted octanol–water partition coefficient (Wildman–Crippen LogP) is 2.38. The number of amides is 1. The van der Waals surface area contributed by atoms with Gasteiger partial charge >= 0.3 is 0 Å². The molecule has 8 heteroatoms. The van der Waals surface area contributed by atoms with E-state index in [9.17, 15) is 14.9 Å². The first-order valence-corrected chi connectivity index (χ1v) is 7.37. The number of nitro groups is 1. The fourth-order valence-electron chi connectivity index (χ4n) is 1.99. The Morgan fingerprint density at radius 3 is 2.85 bits per heavy atom. The molecule has 0 fully saturated rings. The van der Waals surface area contributed by atoms with Crippen molar-refractivity contribution in [2.45, 2.75) is 0 Å². The molecular weight excluding hydrogens is 338 g/mol. The average molecular weight is 353 g/mol. The predicted molar refractivity (Wildman–Crippen MR) is 95.5 cm³/mol. The number of rotatable bonds is 7. The molecule has 2 rings (SSSR count). The summed E-state index contributed by atoms with van der Waals surface area (Å²) in [6.07, 6.45) is 6.56. The molecule has 0 bridgehead atoms. The third kappa shape index (κ3) is 4.82. The number of carbonyl (C=O) groups is 1. The van der Waals surface area contributed by atoms with Crippen molar-refractivity contribution in [1.29, 1.82) is 0 Å². The van der Waals surface area contributed by atoms with Gasteiger partial charge in [-0.25, -0.2) is 5.43 Å². The lowest BCUT2D eigenvalue weighted by molar-refractivity contribution is -0.384. The summed E-state index contributed by atoms with van der Waals surface area (Å²) in [6, 6.07) is 10.4. The van der Waals surface area contributed by atoms with Gasteiger partial charge < -0.3 is 9.47 Å². The molecule has 0 heterocycles. The molecule has 0 radical (unpaired) electrons. The lowest BCUT2D eigenvalue weighted by atomic mass is 10.2. The molecule has 8 nitrogen and oxygen atoms in total. The topological polar surface area (TPSA) is 103 Å². The Bertz CT molecular complexity index is 887. The Hall–Kier alpha value is -3.86. The minimum absolute atomic E-state index is 0.114. The maximum Gasteiger partial charge on any atom is 0.271 e. The van der Waals surface area contributed by atoms with Crippen molar-refractivity contribution in [1.82, 2.24) is 5.43 Å². The number of non-ortho nitro benzene ring substituents is 1. The molecule has 2 aromatic rings. The summed E-state index contributed by atoms with van der Waals surface area (Å²) in [4.78, 5) is 22.2. The fourth-order valence-corrected chi connectivity index (χ4v) is 1.99. The van der Waals surface area contributed by atoms with Gasteiger partial charge in [-0.1, -0.05) is 12.0 Å². The Morgan fingerprint density at radius 1 is 1.35 bits per heavy atom. The van der Waals surface area contributed by atoms with Crippen LogP contribution in [0.15, 0.2) is 47.6 Å². The van der Waals surface area contributed by atoms with Crippen LogP contribution in [0, 0.1) is 22.5 Å². The van der Waals surface area contributed by atoms with Gasteiger partial charge in [0.1, 0.15) is 6.61 Å². The zero-order valence-electron chi connectivity index (χ0n) is 13.8. The molecule has 0 saturated carbocycles. The number of hydrazone groups is 1. The summed E-state index contributed by atoms with van der Waals surface area (Å²) in [5, 5.41) is 14.6. The van der Waals surface area contributed by atoms with E-state index in [-0.39, 0.29) is 17.9 Å². The maximum absolute atomic E-state index is 12.0. The average Bonchev–Trinajstić information content (AvgIpc) is 2.66. The zero-order chi connectivity index (χ0) is 18.9. The van der Waals surface area contributed by atoms with Crippen LogP contribution in [0.3, 0.4) is 0 Å². The van der Waals surface area contributed by atoms with Crippen LogP contribution in [0.5, 0.6) is 11.5 Å². The lowest BCUT2D eigenvalue weighted by Gasteiger charge is -2.09. The summed E-state index contributed by atoms with van der Waals surface area (Å²) < 4.78 is 10.5. The normalized spacial score (nSPS) is 10.2. The summed E-state index contributed by atoms with van der Waals surface area (Å²) in [5.74, 6) is 2.75. The van der Waals surface area contributed by atoms with Crippen molar-refractivity contribution in [3.63, 3.8) is 0 Å². The highest BCUT2D eigenvalue weighted by Crippen LogP contribution is 2.27. The van der Waals surface area contributed by atoms with E-state index in [4.69, 9.17) is 15.9 Å². The number of carbonyl (C=O) groups excluding carboxylic acids is 1. The van der Waals surface area contributed by atoms with Crippen molar-refractivity contribution in [3.8, 4) is 23.8 Å². The SMILES string of the molecule is C#CCOc1ccc(/C=N/NC(=O)c2cccc([N+](=O)[O-])c2)cc1OC. The van der Waals surface area contributed by atoms with E-state index in [0.29, 0.717) is 17.1 Å². The third-order valence-electron chi connectivity index (χ3n) is 3.20. The second kappa shape index (κ2) is 8.84. The van der Waals surface area contributed by atoms with Crippen molar-refractivity contribution >= 4 is 17.8 Å². The largest absolute Gasteiger partial charge is 0.493 e. The second-order valence-electron chi connectivity index (χ2n) is 4.91. The highest BCUT2D eigenvalue weighted by molar-refractivity contribution is 5.95. The van der Waals surface area contributed by atoms with Crippen LogP contribution in [0.2, 0.25) is 0 Å². The van der Waals surface area contributed by atoms with Crippen molar-refractivity contribution < 1.29 is 19.2 Å². The number of hydrogen-bond donors (Lipinski definition) is 1. The number of methoxy groups -OCH3 is 1. The van der Waals surface area contributed by atoms with E-state index in [1.54, 1.807) is 18.2 Å². The van der Waals surface area contributed by atoms with E-state index in [1.165, 1.54) is 37.6 Å². The number of nitrogens with zero attached hydrogens (tertiary/aromatic N) is 2. The molecule has 1 N–H and O–H groups in total. The summed E-state index contributed by atoms with van der Waals surface area (Å²) in [5.41, 5.74) is 2.92. The van der Waals surface area contributed by atoms with Crippen LogP contribution in [0.4, 0.5) is 5.69 Å². The monoisotopic (exact) mass is 353 g/mol. The molecule has 0 saturated heterocycles. The van der Waals surface area contributed by atoms with Gasteiger partial charge in [-0.2, -0.15) is 5.10 Å². The molecule has 0 aliphatic heterocycles. The zero-order valence-corrected chi connectivity index (χ0v) is 13.8. The van der Waals surface area contributed by atoms with Crippen LogP contribution in [0.1, 0.15) is 15.9 Å². The van der Waals surface area contributed by atoms with Gasteiger partial charge in [0.25, 0.3) is 11.6 Å². The highest BCUT2D eigenvalue weighted by Gasteiger charge is 2.10. The van der Waals surface area contributed by atoms with Crippen molar-refractivity contribution in [2.75, 3.05) is 13.7 Å². The molecule has 132 valence electrons. The molecule has 0 unspecified atom stereocenters. The van der Waals surface area contributed by atoms with Crippen LogP contribution in [-0.4, -0.2) is 30.8 Å². The molecule has 0 spiro atoms. The van der Waals surface area contributed by atoms with Gasteiger partial charge in [-0.3, -0.25) is 14.9 Å². The molecule has 1 amide bonds. The first-order valence-electron chi connectivity index (χ1n) is 7.37. The van der Waals surface area contributed by atoms with Crippen LogP contribution in [-0.2, 0) is 0 Å². The number of terminal acetylenes is 1. The molecule has 0 aliphatic rings. The van der Waals surface area contributed by atoms with Gasteiger partial charge in [0.05, 0.1) is 18.2 Å². The maximum atomic E-state index is 12.0. The van der Waals surface area contributed by atoms with Crippen LogP contribution < -0.4 is 14.9 Å². The Kier molecular flexibility index (Phi) is 6.28. The minimum Gasteiger partial charge on any atom is -0.493 e. The second-order valence-corrected chi connectivity index (χ2v) is 4.91. The smallest absolute Gasteiger partial charge is 0.271 e. The summed E-state index contributed by atoms with van der Waals surface area (Å²) in [7, 11) is 1.49. The van der Waals surface area contributed by atoms with Gasteiger partial charge in [0.15, 0.2) is 11.5 Å². The molecule has 0 aliphatic carbocycles. The van der Waals surface area contributed by atoms with Gasteiger partial charge in [0.2, 0.25) is 0 Å². The molecule has 2 aromatic carbocycles. The first-order chi connectivity index (χ1) is 12.5. The quantitative estimate of drug-likeness (QED) is 0.356. The minimum atomic E-state index is -0.573. The highest BCUT2D eigenvalue weighted by atomic mass is 16.6. The Morgan fingerprint density at radius 2 is 2.15 bits per heavy atom. The van der Waals surface area contributed by atoms with Gasteiger partial charge in [0, 0.05) is 17.7 Å². The van der Waals surface area contributed by atoms with Gasteiger partial charge in [-0.15, -0.1) is 6.42 Å². The molecular formula is C18H15N3O5. The molecule has 0 atom stereocenters. The summed E-state index contributed by atoms with van der Waals surface area (Å²) in [6.45, 7) is 0.114. The van der Waals surface area contributed by atoms with Crippen LogP contribution in [0.25, 0.3) is 0 Å². The number of ether oxygens (including phenoxy) is 2. The van der Waals surface area contributed by atoms with E-state index in [0.717, 1.165) is 0 Å². The number of nitro benzene ring substituents is 1. The number of benzene rings is 2. The van der Waals surface area contributed by atoms with E-state index in [1.807, 2.05) is 0 Å². The third-order valence-corrected chi connectivity index (χ3v) is 3.20. The standard InChI is InChI=1S/C18H15N3O5/c1-3-9-26-16-8-7-13(10-17(16)25-2)12-19-20-18(22)14-5-4-6-15(11-14)21(23)24/h1,4-8,10-12H,9H2,2H3,(H,20,22)/b19-12+. The van der Waals surface area contributed by atoms with E-state index in [2.05, 4.69) is 16.4 Å². The fraction of sp³-hybridized carbons (Fsp3) is 0.111. The van der Waals surface area contributed by atoms with E-state index >= 15 is 0 Å². The first kappa shape index (κ1) is 18.5. The van der Waals surface area contributed by atoms with Gasteiger partial charge in [-0.05, 0) is 29.8 Å². The summed E-state index contributed by atoms with van der Waals surface area (Å²) >= 11 is 0. The van der Waals surface area contributed by atoms with E-state index < -0.39 is 10.8 Å². The lowest BCUT2D eigenvalue weighted by Crippen LogP contribution is -2.17. The van der Waals surface area contributed by atoms with Crippen molar-refractivity contribution in [2.24, 2.45) is 5.10 Å².